The van der Waals surface area contributed by atoms with Gasteiger partial charge in [-0.2, -0.15) is 0 Å². The molecule has 0 heterocycles. The van der Waals surface area contributed by atoms with Crippen LogP contribution in [0.3, 0.4) is 0 Å². The van der Waals surface area contributed by atoms with Crippen LogP contribution in [-0.2, 0) is 6.42 Å². The second-order valence-corrected chi connectivity index (χ2v) is 5.83. The molecule has 0 spiro atoms. The van der Waals surface area contributed by atoms with Crippen molar-refractivity contribution in [3.05, 3.63) is 34.1 Å². The SMILES string of the molecule is NCC1CCCCC1Cc1cc(F)ccc1Br. The maximum atomic E-state index is 13.2. The predicted octanol–water partition coefficient (Wildman–Crippen LogP) is 3.90. The van der Waals surface area contributed by atoms with E-state index in [9.17, 15) is 4.39 Å². The van der Waals surface area contributed by atoms with Crippen LogP contribution in [-0.4, -0.2) is 6.54 Å². The molecule has 1 aromatic carbocycles. The Bertz CT molecular complexity index is 380. The predicted molar refractivity (Wildman–Crippen MR) is 72.3 cm³/mol. The Balaban J connectivity index is 2.10. The molecular weight excluding hydrogens is 281 g/mol. The zero-order valence-electron chi connectivity index (χ0n) is 9.96. The van der Waals surface area contributed by atoms with E-state index in [1.54, 1.807) is 12.1 Å². The standard InChI is InChI=1S/C14H19BrFN/c15-14-6-5-13(16)8-12(14)7-10-3-1-2-4-11(10)9-17/h5-6,8,10-11H,1-4,7,9,17H2. The van der Waals surface area contributed by atoms with Gasteiger partial charge in [0.2, 0.25) is 0 Å². The van der Waals surface area contributed by atoms with Crippen molar-refractivity contribution in [2.45, 2.75) is 32.1 Å². The first-order valence-electron chi connectivity index (χ1n) is 6.34. The van der Waals surface area contributed by atoms with Crippen LogP contribution in [0.1, 0.15) is 31.2 Å². The van der Waals surface area contributed by atoms with Crippen molar-refractivity contribution in [1.29, 1.82) is 0 Å². The molecule has 0 aliphatic heterocycles. The van der Waals surface area contributed by atoms with E-state index in [0.29, 0.717) is 11.8 Å². The minimum Gasteiger partial charge on any atom is -0.330 e. The topological polar surface area (TPSA) is 26.0 Å². The van der Waals surface area contributed by atoms with Gasteiger partial charge in [-0.25, -0.2) is 4.39 Å². The highest BCUT2D eigenvalue weighted by molar-refractivity contribution is 9.10. The molecule has 0 radical (unpaired) electrons. The Kier molecular flexibility index (Phi) is 4.57. The summed E-state index contributed by atoms with van der Waals surface area (Å²) in [6, 6.07) is 4.94. The second kappa shape index (κ2) is 5.96. The summed E-state index contributed by atoms with van der Waals surface area (Å²) >= 11 is 3.50. The van der Waals surface area contributed by atoms with Gasteiger partial charge in [-0.05, 0) is 61.4 Å². The van der Waals surface area contributed by atoms with Crippen LogP contribution < -0.4 is 5.73 Å². The summed E-state index contributed by atoms with van der Waals surface area (Å²) in [4.78, 5) is 0. The van der Waals surface area contributed by atoms with Crippen LogP contribution in [0.2, 0.25) is 0 Å². The highest BCUT2D eigenvalue weighted by atomic mass is 79.9. The van der Waals surface area contributed by atoms with Gasteiger partial charge in [0.25, 0.3) is 0 Å². The zero-order chi connectivity index (χ0) is 12.3. The smallest absolute Gasteiger partial charge is 0.123 e. The lowest BCUT2D eigenvalue weighted by Gasteiger charge is -2.31. The molecule has 2 unspecified atom stereocenters. The van der Waals surface area contributed by atoms with E-state index in [-0.39, 0.29) is 5.82 Å². The molecule has 17 heavy (non-hydrogen) atoms. The first kappa shape index (κ1) is 13.0. The van der Waals surface area contributed by atoms with Crippen molar-refractivity contribution >= 4 is 15.9 Å². The highest BCUT2D eigenvalue weighted by Crippen LogP contribution is 2.33. The van der Waals surface area contributed by atoms with Crippen LogP contribution in [0.4, 0.5) is 4.39 Å². The lowest BCUT2D eigenvalue weighted by molar-refractivity contribution is 0.241. The molecule has 0 amide bonds. The molecule has 2 N–H and O–H groups in total. The average molecular weight is 300 g/mol. The van der Waals surface area contributed by atoms with Crippen molar-refractivity contribution in [3.8, 4) is 0 Å². The van der Waals surface area contributed by atoms with Crippen molar-refractivity contribution in [2.75, 3.05) is 6.54 Å². The van der Waals surface area contributed by atoms with E-state index in [1.807, 2.05) is 0 Å². The van der Waals surface area contributed by atoms with E-state index in [2.05, 4.69) is 15.9 Å². The van der Waals surface area contributed by atoms with Crippen LogP contribution in [0.5, 0.6) is 0 Å². The third-order valence-corrected chi connectivity index (χ3v) is 4.63. The number of hydrogen-bond donors (Lipinski definition) is 1. The number of hydrogen-bond acceptors (Lipinski definition) is 1. The van der Waals surface area contributed by atoms with Crippen LogP contribution in [0, 0.1) is 17.7 Å². The van der Waals surface area contributed by atoms with Crippen LogP contribution in [0.25, 0.3) is 0 Å². The molecule has 0 saturated heterocycles. The summed E-state index contributed by atoms with van der Waals surface area (Å²) in [5, 5.41) is 0. The second-order valence-electron chi connectivity index (χ2n) is 4.98. The number of halogens is 2. The first-order valence-corrected chi connectivity index (χ1v) is 7.14. The Hall–Kier alpha value is -0.410. The highest BCUT2D eigenvalue weighted by Gasteiger charge is 2.24. The van der Waals surface area contributed by atoms with Gasteiger partial charge in [-0.3, -0.25) is 0 Å². The monoisotopic (exact) mass is 299 g/mol. The van der Waals surface area contributed by atoms with E-state index in [1.165, 1.54) is 31.7 Å². The summed E-state index contributed by atoms with van der Waals surface area (Å²) in [7, 11) is 0. The van der Waals surface area contributed by atoms with E-state index >= 15 is 0 Å². The normalized spacial score (nSPS) is 24.9. The van der Waals surface area contributed by atoms with Gasteiger partial charge in [0, 0.05) is 4.47 Å². The third kappa shape index (κ3) is 3.29. The molecule has 94 valence electrons. The van der Waals surface area contributed by atoms with Crippen LogP contribution in [0.15, 0.2) is 22.7 Å². The Morgan fingerprint density at radius 1 is 1.24 bits per heavy atom. The lowest BCUT2D eigenvalue weighted by Crippen LogP contribution is -2.28. The van der Waals surface area contributed by atoms with Crippen molar-refractivity contribution in [2.24, 2.45) is 17.6 Å². The summed E-state index contributed by atoms with van der Waals surface area (Å²) in [6.45, 7) is 0.762. The molecule has 1 saturated carbocycles. The molecule has 1 nitrogen and oxygen atoms in total. The molecule has 2 rings (SSSR count). The molecule has 1 aliphatic carbocycles. The fourth-order valence-corrected chi connectivity index (χ4v) is 3.25. The minimum absolute atomic E-state index is 0.150. The van der Waals surface area contributed by atoms with Gasteiger partial charge in [-0.1, -0.05) is 28.8 Å². The fraction of sp³-hybridized carbons (Fsp3) is 0.571. The van der Waals surface area contributed by atoms with E-state index in [0.717, 1.165) is 23.0 Å². The Morgan fingerprint density at radius 3 is 2.65 bits per heavy atom. The van der Waals surface area contributed by atoms with Crippen molar-refractivity contribution in [3.63, 3.8) is 0 Å². The van der Waals surface area contributed by atoms with Gasteiger partial charge < -0.3 is 5.73 Å². The zero-order valence-corrected chi connectivity index (χ0v) is 11.5. The Labute approximate surface area is 111 Å². The van der Waals surface area contributed by atoms with Crippen LogP contribution >= 0.6 is 15.9 Å². The number of nitrogens with two attached hydrogens (primary N) is 1. The maximum absolute atomic E-state index is 13.2. The summed E-state index contributed by atoms with van der Waals surface area (Å²) in [5.41, 5.74) is 6.91. The summed E-state index contributed by atoms with van der Waals surface area (Å²) in [5.74, 6) is 1.08. The fourth-order valence-electron chi connectivity index (χ4n) is 2.85. The largest absolute Gasteiger partial charge is 0.330 e. The molecule has 0 aromatic heterocycles. The molecule has 3 heteroatoms. The third-order valence-electron chi connectivity index (χ3n) is 3.86. The number of rotatable bonds is 3. The van der Waals surface area contributed by atoms with E-state index < -0.39 is 0 Å². The lowest BCUT2D eigenvalue weighted by atomic mass is 9.76. The number of benzene rings is 1. The quantitative estimate of drug-likeness (QED) is 0.900. The first-order chi connectivity index (χ1) is 8.20. The van der Waals surface area contributed by atoms with Gasteiger partial charge in [0.05, 0.1) is 0 Å². The van der Waals surface area contributed by atoms with Gasteiger partial charge in [0.1, 0.15) is 5.82 Å². The molecular formula is C14H19BrFN. The molecule has 1 aliphatic rings. The van der Waals surface area contributed by atoms with Gasteiger partial charge in [0.15, 0.2) is 0 Å². The van der Waals surface area contributed by atoms with Gasteiger partial charge in [-0.15, -0.1) is 0 Å². The molecule has 1 aromatic rings. The minimum atomic E-state index is -0.150. The molecule has 0 bridgehead atoms. The molecule has 2 atom stereocenters. The summed E-state index contributed by atoms with van der Waals surface area (Å²) < 4.78 is 14.2. The van der Waals surface area contributed by atoms with Crippen molar-refractivity contribution in [1.82, 2.24) is 0 Å². The van der Waals surface area contributed by atoms with E-state index in [4.69, 9.17) is 5.73 Å². The van der Waals surface area contributed by atoms with Gasteiger partial charge >= 0.3 is 0 Å². The maximum Gasteiger partial charge on any atom is 0.123 e. The Morgan fingerprint density at radius 2 is 1.94 bits per heavy atom. The van der Waals surface area contributed by atoms with Crippen molar-refractivity contribution < 1.29 is 4.39 Å². The summed E-state index contributed by atoms with van der Waals surface area (Å²) in [6.07, 6.45) is 5.98. The molecule has 1 fully saturated rings. The average Bonchev–Trinajstić information content (AvgIpc) is 2.34.